The first-order valence-electron chi connectivity index (χ1n) is 5.13. The van der Waals surface area contributed by atoms with Crippen LogP contribution in [0.1, 0.15) is 12.8 Å². The standard InChI is InChI=1S/C10H17NO3/c1-13-10(8-12)2-4-11(5-3-10)9-6-14-7-9/h8-9H,2-7H2,1H3. The van der Waals surface area contributed by atoms with Crippen LogP contribution in [0.4, 0.5) is 0 Å². The van der Waals surface area contributed by atoms with E-state index in [9.17, 15) is 4.79 Å². The monoisotopic (exact) mass is 199 g/mol. The van der Waals surface area contributed by atoms with Gasteiger partial charge in [-0.15, -0.1) is 0 Å². The fraction of sp³-hybridized carbons (Fsp3) is 0.900. The molecule has 14 heavy (non-hydrogen) atoms. The van der Waals surface area contributed by atoms with Crippen molar-refractivity contribution < 1.29 is 14.3 Å². The van der Waals surface area contributed by atoms with E-state index in [0.717, 1.165) is 45.4 Å². The summed E-state index contributed by atoms with van der Waals surface area (Å²) in [4.78, 5) is 13.3. The van der Waals surface area contributed by atoms with Crippen LogP contribution in [0.5, 0.6) is 0 Å². The number of methoxy groups -OCH3 is 1. The van der Waals surface area contributed by atoms with Crippen LogP contribution in [-0.4, -0.2) is 56.2 Å². The maximum Gasteiger partial charge on any atom is 0.151 e. The summed E-state index contributed by atoms with van der Waals surface area (Å²) in [6, 6.07) is 0.580. The summed E-state index contributed by atoms with van der Waals surface area (Å²) >= 11 is 0. The molecule has 2 saturated heterocycles. The molecule has 0 aromatic carbocycles. The number of nitrogens with zero attached hydrogens (tertiary/aromatic N) is 1. The van der Waals surface area contributed by atoms with Gasteiger partial charge >= 0.3 is 0 Å². The van der Waals surface area contributed by atoms with E-state index in [-0.39, 0.29) is 0 Å². The second-order valence-corrected chi connectivity index (χ2v) is 4.11. The Bertz CT molecular complexity index is 207. The van der Waals surface area contributed by atoms with Crippen LogP contribution in [0.2, 0.25) is 0 Å². The van der Waals surface area contributed by atoms with Crippen LogP contribution in [-0.2, 0) is 14.3 Å². The molecule has 0 spiro atoms. The lowest BCUT2D eigenvalue weighted by atomic mass is 9.91. The lowest BCUT2D eigenvalue weighted by Crippen LogP contribution is -2.55. The molecule has 2 aliphatic rings. The predicted molar refractivity (Wildman–Crippen MR) is 51.2 cm³/mol. The first-order valence-corrected chi connectivity index (χ1v) is 5.13. The van der Waals surface area contributed by atoms with Gasteiger partial charge in [0.25, 0.3) is 0 Å². The molecule has 0 amide bonds. The Morgan fingerprint density at radius 2 is 2.07 bits per heavy atom. The van der Waals surface area contributed by atoms with Crippen molar-refractivity contribution in [3.8, 4) is 0 Å². The molecule has 2 aliphatic heterocycles. The van der Waals surface area contributed by atoms with Gasteiger partial charge in [0.05, 0.1) is 19.3 Å². The lowest BCUT2D eigenvalue weighted by molar-refractivity contribution is -0.139. The Morgan fingerprint density at radius 3 is 2.43 bits per heavy atom. The van der Waals surface area contributed by atoms with E-state index in [2.05, 4.69) is 4.90 Å². The average Bonchev–Trinajstić information content (AvgIpc) is 2.17. The third-order valence-corrected chi connectivity index (χ3v) is 3.40. The van der Waals surface area contributed by atoms with Crippen LogP contribution in [0.3, 0.4) is 0 Å². The van der Waals surface area contributed by atoms with Crippen molar-refractivity contribution in [2.75, 3.05) is 33.4 Å². The summed E-state index contributed by atoms with van der Waals surface area (Å²) in [5, 5.41) is 0. The van der Waals surface area contributed by atoms with Crippen LogP contribution in [0, 0.1) is 0 Å². The summed E-state index contributed by atoms with van der Waals surface area (Å²) < 4.78 is 10.4. The Morgan fingerprint density at radius 1 is 1.43 bits per heavy atom. The van der Waals surface area contributed by atoms with E-state index in [1.165, 1.54) is 0 Å². The Hall–Kier alpha value is -0.450. The molecule has 0 aromatic rings. The molecule has 0 saturated carbocycles. The summed E-state index contributed by atoms with van der Waals surface area (Å²) in [6.07, 6.45) is 2.58. The number of ether oxygens (including phenoxy) is 2. The molecular formula is C10H17NO3. The zero-order chi connectivity index (χ0) is 10.0. The molecule has 0 unspecified atom stereocenters. The van der Waals surface area contributed by atoms with Gasteiger partial charge in [-0.2, -0.15) is 0 Å². The average molecular weight is 199 g/mol. The molecule has 0 atom stereocenters. The summed E-state index contributed by atoms with van der Waals surface area (Å²) in [6.45, 7) is 3.59. The third-order valence-electron chi connectivity index (χ3n) is 3.40. The van der Waals surface area contributed by atoms with E-state index < -0.39 is 5.60 Å². The smallest absolute Gasteiger partial charge is 0.151 e. The molecule has 0 aromatic heterocycles. The Labute approximate surface area is 84.2 Å². The van der Waals surface area contributed by atoms with E-state index in [4.69, 9.17) is 9.47 Å². The highest BCUT2D eigenvalue weighted by Crippen LogP contribution is 2.26. The molecule has 0 radical (unpaired) electrons. The van der Waals surface area contributed by atoms with E-state index >= 15 is 0 Å². The van der Waals surface area contributed by atoms with Crippen molar-refractivity contribution in [1.82, 2.24) is 4.90 Å². The third kappa shape index (κ3) is 1.69. The van der Waals surface area contributed by atoms with Crippen molar-refractivity contribution in [3.63, 3.8) is 0 Å². The summed E-state index contributed by atoms with van der Waals surface area (Å²) in [7, 11) is 1.62. The first-order chi connectivity index (χ1) is 6.79. The van der Waals surface area contributed by atoms with Crippen LogP contribution in [0.25, 0.3) is 0 Å². The summed E-state index contributed by atoms with van der Waals surface area (Å²) in [5.41, 5.74) is -0.513. The maximum absolute atomic E-state index is 10.9. The number of likely N-dealkylation sites (tertiary alicyclic amines) is 1. The zero-order valence-electron chi connectivity index (χ0n) is 8.57. The van der Waals surface area contributed by atoms with Gasteiger partial charge in [0.15, 0.2) is 6.29 Å². The van der Waals surface area contributed by atoms with Crippen molar-refractivity contribution in [3.05, 3.63) is 0 Å². The zero-order valence-corrected chi connectivity index (χ0v) is 8.57. The van der Waals surface area contributed by atoms with Gasteiger partial charge in [0.2, 0.25) is 0 Å². The number of carbonyl (C=O) groups is 1. The molecule has 2 rings (SSSR count). The van der Waals surface area contributed by atoms with Crippen molar-refractivity contribution in [2.24, 2.45) is 0 Å². The van der Waals surface area contributed by atoms with E-state index in [1.54, 1.807) is 7.11 Å². The van der Waals surface area contributed by atoms with Gasteiger partial charge < -0.3 is 14.3 Å². The largest absolute Gasteiger partial charge is 0.378 e. The fourth-order valence-electron chi connectivity index (χ4n) is 2.07. The Balaban J connectivity index is 1.87. The lowest BCUT2D eigenvalue weighted by Gasteiger charge is -2.43. The van der Waals surface area contributed by atoms with Gasteiger partial charge in [-0.1, -0.05) is 0 Å². The number of rotatable bonds is 3. The minimum Gasteiger partial charge on any atom is -0.378 e. The fourth-order valence-corrected chi connectivity index (χ4v) is 2.07. The molecular weight excluding hydrogens is 182 g/mol. The summed E-state index contributed by atoms with van der Waals surface area (Å²) in [5.74, 6) is 0. The number of piperidine rings is 1. The quantitative estimate of drug-likeness (QED) is 0.603. The Kier molecular flexibility index (Phi) is 2.85. The van der Waals surface area contributed by atoms with Crippen LogP contribution in [0.15, 0.2) is 0 Å². The molecule has 2 heterocycles. The molecule has 0 bridgehead atoms. The van der Waals surface area contributed by atoms with Crippen LogP contribution < -0.4 is 0 Å². The molecule has 0 aliphatic carbocycles. The predicted octanol–water partition coefficient (Wildman–Crippen LogP) is 0.0651. The topological polar surface area (TPSA) is 38.8 Å². The second-order valence-electron chi connectivity index (χ2n) is 4.11. The van der Waals surface area contributed by atoms with Crippen molar-refractivity contribution in [1.29, 1.82) is 0 Å². The van der Waals surface area contributed by atoms with E-state index in [0.29, 0.717) is 6.04 Å². The molecule has 4 nitrogen and oxygen atoms in total. The van der Waals surface area contributed by atoms with Gasteiger partial charge in [0.1, 0.15) is 5.60 Å². The second kappa shape index (κ2) is 3.96. The van der Waals surface area contributed by atoms with Gasteiger partial charge in [-0.25, -0.2) is 0 Å². The number of carbonyl (C=O) groups excluding carboxylic acids is 1. The highest BCUT2D eigenvalue weighted by molar-refractivity contribution is 5.62. The molecule has 2 fully saturated rings. The van der Waals surface area contributed by atoms with Gasteiger partial charge in [-0.3, -0.25) is 4.90 Å². The highest BCUT2D eigenvalue weighted by Gasteiger charge is 2.37. The van der Waals surface area contributed by atoms with Crippen molar-refractivity contribution >= 4 is 6.29 Å². The van der Waals surface area contributed by atoms with Gasteiger partial charge in [-0.05, 0) is 12.8 Å². The van der Waals surface area contributed by atoms with Gasteiger partial charge in [0, 0.05) is 20.2 Å². The maximum atomic E-state index is 10.9. The van der Waals surface area contributed by atoms with Crippen molar-refractivity contribution in [2.45, 2.75) is 24.5 Å². The minimum atomic E-state index is -0.513. The molecule has 80 valence electrons. The normalized spacial score (nSPS) is 28.4. The minimum absolute atomic E-state index is 0.513. The molecule has 0 N–H and O–H groups in total. The molecule has 4 heteroatoms. The number of hydrogen-bond acceptors (Lipinski definition) is 4. The first kappa shape index (κ1) is 10.1. The van der Waals surface area contributed by atoms with E-state index in [1.807, 2.05) is 0 Å². The SMILES string of the molecule is COC1(C=O)CCN(C2COC2)CC1. The number of aldehydes is 1. The number of hydrogen-bond donors (Lipinski definition) is 0. The highest BCUT2D eigenvalue weighted by atomic mass is 16.5. The van der Waals surface area contributed by atoms with Crippen LogP contribution >= 0.6 is 0 Å².